The number of benzene rings is 1. The number of halogens is 1. The third kappa shape index (κ3) is 9.28. The first-order valence-corrected chi connectivity index (χ1v) is 9.01. The Labute approximate surface area is 139 Å². The molecule has 21 heavy (non-hydrogen) atoms. The quantitative estimate of drug-likeness (QED) is 0.580. The molecule has 120 valence electrons. The van der Waals surface area contributed by atoms with Crippen LogP contribution >= 0.6 is 15.9 Å². The van der Waals surface area contributed by atoms with Crippen LogP contribution < -0.4 is 5.32 Å². The van der Waals surface area contributed by atoms with E-state index in [9.17, 15) is 0 Å². The summed E-state index contributed by atoms with van der Waals surface area (Å²) in [6.45, 7) is 9.04. The summed E-state index contributed by atoms with van der Waals surface area (Å²) in [4.78, 5) is 2.41. The summed E-state index contributed by atoms with van der Waals surface area (Å²) in [6, 6.07) is 8.49. The van der Waals surface area contributed by atoms with Crippen LogP contribution in [0.2, 0.25) is 0 Å². The maximum atomic E-state index is 3.62. The van der Waals surface area contributed by atoms with E-state index in [-0.39, 0.29) is 0 Å². The van der Waals surface area contributed by atoms with Crippen molar-refractivity contribution in [2.24, 2.45) is 5.92 Å². The van der Waals surface area contributed by atoms with Crippen LogP contribution in [0.25, 0.3) is 0 Å². The molecule has 0 bridgehead atoms. The first kappa shape index (κ1) is 18.7. The second kappa shape index (κ2) is 11.2. The number of nitrogens with zero attached hydrogens (tertiary/aromatic N) is 1. The number of hydrogen-bond donors (Lipinski definition) is 1. The molecule has 0 aliphatic rings. The molecule has 0 saturated heterocycles. The number of unbranched alkanes of at least 4 members (excludes halogenated alkanes) is 3. The molecule has 0 spiro atoms. The molecule has 0 amide bonds. The molecular weight excluding hydrogens is 324 g/mol. The predicted molar refractivity (Wildman–Crippen MR) is 96.7 cm³/mol. The molecule has 1 N–H and O–H groups in total. The van der Waals surface area contributed by atoms with Crippen molar-refractivity contribution in [3.8, 4) is 0 Å². The molecule has 0 aromatic heterocycles. The minimum absolute atomic E-state index is 0.760. The summed E-state index contributed by atoms with van der Waals surface area (Å²) in [5, 5.41) is 3.51. The van der Waals surface area contributed by atoms with Gasteiger partial charge in [-0.2, -0.15) is 0 Å². The molecule has 1 aromatic rings. The van der Waals surface area contributed by atoms with Crippen molar-refractivity contribution in [2.45, 2.75) is 46.1 Å². The predicted octanol–water partition coefficient (Wildman–Crippen LogP) is 4.69. The Morgan fingerprint density at radius 1 is 1.10 bits per heavy atom. The van der Waals surface area contributed by atoms with Gasteiger partial charge in [-0.15, -0.1) is 0 Å². The van der Waals surface area contributed by atoms with Gasteiger partial charge in [-0.1, -0.05) is 60.8 Å². The highest BCUT2D eigenvalue weighted by Gasteiger charge is 2.03. The van der Waals surface area contributed by atoms with Crippen molar-refractivity contribution in [2.75, 3.05) is 26.7 Å². The molecule has 2 nitrogen and oxygen atoms in total. The Kier molecular flexibility index (Phi) is 9.98. The highest BCUT2D eigenvalue weighted by Crippen LogP contribution is 2.17. The average molecular weight is 355 g/mol. The maximum Gasteiger partial charge on any atom is 0.0241 e. The van der Waals surface area contributed by atoms with Crippen LogP contribution in [-0.4, -0.2) is 31.6 Å². The van der Waals surface area contributed by atoms with E-state index in [1.165, 1.54) is 48.8 Å². The van der Waals surface area contributed by atoms with Gasteiger partial charge in [0.25, 0.3) is 0 Å². The van der Waals surface area contributed by atoms with Gasteiger partial charge in [-0.05, 0) is 57.1 Å². The van der Waals surface area contributed by atoms with Crippen molar-refractivity contribution < 1.29 is 0 Å². The fourth-order valence-corrected chi connectivity index (χ4v) is 2.78. The Bertz CT molecular complexity index is 379. The summed E-state index contributed by atoms with van der Waals surface area (Å²) in [6.07, 6.45) is 5.28. The minimum atomic E-state index is 0.760. The van der Waals surface area contributed by atoms with Crippen LogP contribution in [0.5, 0.6) is 0 Å². The molecule has 0 fully saturated rings. The van der Waals surface area contributed by atoms with Crippen LogP contribution in [0.1, 0.15) is 45.1 Å². The zero-order valence-electron chi connectivity index (χ0n) is 13.9. The van der Waals surface area contributed by atoms with Gasteiger partial charge in [-0.25, -0.2) is 0 Å². The van der Waals surface area contributed by atoms with E-state index in [1.807, 2.05) is 0 Å². The first-order chi connectivity index (χ1) is 10.1. The highest BCUT2D eigenvalue weighted by atomic mass is 79.9. The van der Waals surface area contributed by atoms with Crippen LogP contribution in [0, 0.1) is 5.92 Å². The summed E-state index contributed by atoms with van der Waals surface area (Å²) < 4.78 is 1.22. The first-order valence-electron chi connectivity index (χ1n) is 8.22. The SMILES string of the molecule is CC(C)CNCCCCCCN(C)Cc1ccccc1Br. The summed E-state index contributed by atoms with van der Waals surface area (Å²) in [7, 11) is 2.21. The van der Waals surface area contributed by atoms with Crippen LogP contribution in [0.3, 0.4) is 0 Å². The van der Waals surface area contributed by atoms with Crippen LogP contribution in [0.4, 0.5) is 0 Å². The number of hydrogen-bond acceptors (Lipinski definition) is 2. The smallest absolute Gasteiger partial charge is 0.0241 e. The molecule has 1 aromatic carbocycles. The lowest BCUT2D eigenvalue weighted by Gasteiger charge is -2.17. The van der Waals surface area contributed by atoms with E-state index in [1.54, 1.807) is 0 Å². The number of rotatable bonds is 11. The van der Waals surface area contributed by atoms with Gasteiger partial charge in [0.2, 0.25) is 0 Å². The number of nitrogens with one attached hydrogen (secondary N) is 1. The topological polar surface area (TPSA) is 15.3 Å². The normalized spacial score (nSPS) is 11.5. The van der Waals surface area contributed by atoms with Crippen molar-refractivity contribution in [1.29, 1.82) is 0 Å². The van der Waals surface area contributed by atoms with Crippen molar-refractivity contribution >= 4 is 15.9 Å². The summed E-state index contributed by atoms with van der Waals surface area (Å²) in [5.41, 5.74) is 1.37. The van der Waals surface area contributed by atoms with E-state index in [2.05, 4.69) is 71.3 Å². The monoisotopic (exact) mass is 354 g/mol. The van der Waals surface area contributed by atoms with Crippen LogP contribution in [-0.2, 0) is 6.54 Å². The molecule has 0 unspecified atom stereocenters. The average Bonchev–Trinajstić information content (AvgIpc) is 2.44. The minimum Gasteiger partial charge on any atom is -0.316 e. The van der Waals surface area contributed by atoms with Gasteiger partial charge in [0.15, 0.2) is 0 Å². The largest absolute Gasteiger partial charge is 0.316 e. The third-order valence-corrected chi connectivity index (χ3v) is 4.37. The van der Waals surface area contributed by atoms with Gasteiger partial charge in [-0.3, -0.25) is 0 Å². The van der Waals surface area contributed by atoms with Gasteiger partial charge in [0.1, 0.15) is 0 Å². The molecule has 3 heteroatoms. The Morgan fingerprint density at radius 3 is 2.52 bits per heavy atom. The zero-order chi connectivity index (χ0) is 15.5. The summed E-state index contributed by atoms with van der Waals surface area (Å²) in [5.74, 6) is 0.760. The van der Waals surface area contributed by atoms with Crippen molar-refractivity contribution in [3.05, 3.63) is 34.3 Å². The van der Waals surface area contributed by atoms with E-state index in [4.69, 9.17) is 0 Å². The van der Waals surface area contributed by atoms with Crippen LogP contribution in [0.15, 0.2) is 28.7 Å². The second-order valence-corrected chi connectivity index (χ2v) is 7.20. The van der Waals surface area contributed by atoms with Gasteiger partial charge >= 0.3 is 0 Å². The third-order valence-electron chi connectivity index (χ3n) is 3.59. The molecule has 0 atom stereocenters. The molecule has 0 aliphatic carbocycles. The summed E-state index contributed by atoms with van der Waals surface area (Å²) >= 11 is 3.62. The molecule has 0 radical (unpaired) electrons. The standard InChI is InChI=1S/C18H31BrN2/c1-16(2)14-20-12-8-4-5-9-13-21(3)15-17-10-6-7-11-18(17)19/h6-7,10-11,16,20H,4-5,8-9,12-15H2,1-3H3. The van der Waals surface area contributed by atoms with Gasteiger partial charge in [0, 0.05) is 11.0 Å². The molecule has 0 saturated carbocycles. The Hall–Kier alpha value is -0.380. The van der Waals surface area contributed by atoms with Gasteiger partial charge < -0.3 is 10.2 Å². The lowest BCUT2D eigenvalue weighted by atomic mass is 10.1. The zero-order valence-corrected chi connectivity index (χ0v) is 15.5. The van der Waals surface area contributed by atoms with Crippen molar-refractivity contribution in [1.82, 2.24) is 10.2 Å². The second-order valence-electron chi connectivity index (χ2n) is 6.34. The molecular formula is C18H31BrN2. The van der Waals surface area contributed by atoms with E-state index < -0.39 is 0 Å². The van der Waals surface area contributed by atoms with E-state index in [0.717, 1.165) is 19.0 Å². The lowest BCUT2D eigenvalue weighted by molar-refractivity contribution is 0.316. The molecule has 1 rings (SSSR count). The molecule has 0 aliphatic heterocycles. The lowest BCUT2D eigenvalue weighted by Crippen LogP contribution is -2.21. The fraction of sp³-hybridized carbons (Fsp3) is 0.667. The maximum absolute atomic E-state index is 3.62. The Balaban J connectivity index is 2.01. The van der Waals surface area contributed by atoms with E-state index >= 15 is 0 Å². The van der Waals surface area contributed by atoms with Crippen molar-refractivity contribution in [3.63, 3.8) is 0 Å². The van der Waals surface area contributed by atoms with E-state index in [0.29, 0.717) is 0 Å². The Morgan fingerprint density at radius 2 is 1.81 bits per heavy atom. The highest BCUT2D eigenvalue weighted by molar-refractivity contribution is 9.10. The fourth-order valence-electron chi connectivity index (χ4n) is 2.37. The van der Waals surface area contributed by atoms with Gasteiger partial charge in [0.05, 0.1) is 0 Å². The molecule has 0 heterocycles.